The van der Waals surface area contributed by atoms with Crippen molar-refractivity contribution < 1.29 is 14.2 Å². The smallest absolute Gasteiger partial charge is 0.429 e. The summed E-state index contributed by atoms with van der Waals surface area (Å²) in [5.74, 6) is -1.29. The van der Waals surface area contributed by atoms with Gasteiger partial charge in [-0.05, 0) is 10.9 Å². The van der Waals surface area contributed by atoms with Crippen molar-refractivity contribution in [2.24, 2.45) is 11.5 Å². The quantitative estimate of drug-likeness (QED) is 0.705. The lowest BCUT2D eigenvalue weighted by atomic mass is 9.55. The van der Waals surface area contributed by atoms with Crippen LogP contribution in [0.3, 0.4) is 0 Å². The molecular weight excluding hydrogens is 279 g/mol. The molecule has 1 amide bonds. The third-order valence-electron chi connectivity index (χ3n) is 3.16. The molecule has 2 aromatic rings. The molecule has 4 N–H and O–H groups in total. The lowest BCUT2D eigenvalue weighted by molar-refractivity contribution is -0.137. The van der Waals surface area contributed by atoms with Crippen LogP contribution in [0.15, 0.2) is 60.7 Å². The fourth-order valence-electron chi connectivity index (χ4n) is 2.09. The zero-order valence-corrected chi connectivity index (χ0v) is 12.0. The Bertz CT molecular complexity index is 595. The monoisotopic (exact) mass is 296 g/mol. The second kappa shape index (κ2) is 7.42. The van der Waals surface area contributed by atoms with E-state index in [2.05, 4.69) is 0 Å². The van der Waals surface area contributed by atoms with Crippen molar-refractivity contribution in [3.8, 4) is 0 Å². The second-order valence-corrected chi connectivity index (χ2v) is 4.92. The molecule has 22 heavy (non-hydrogen) atoms. The minimum absolute atomic E-state index is 0.241. The maximum atomic E-state index is 12.1. The van der Waals surface area contributed by atoms with E-state index in [1.54, 1.807) is 0 Å². The van der Waals surface area contributed by atoms with E-state index in [9.17, 15) is 9.59 Å². The molecule has 0 radical (unpaired) electrons. The number of primary amides is 1. The Morgan fingerprint density at radius 1 is 0.955 bits per heavy atom. The number of carbonyl (C=O) groups excluding carboxylic acids is 2. The summed E-state index contributed by atoms with van der Waals surface area (Å²) in [4.78, 5) is 23.0. The molecular formula is C16H17BN2O3. The van der Waals surface area contributed by atoms with Crippen molar-refractivity contribution in [2.75, 3.05) is 0 Å². The van der Waals surface area contributed by atoms with Gasteiger partial charge in [-0.15, -0.1) is 0 Å². The summed E-state index contributed by atoms with van der Waals surface area (Å²) < 4.78 is 5.51. The van der Waals surface area contributed by atoms with Crippen molar-refractivity contribution in [1.82, 2.24) is 0 Å². The molecule has 0 saturated carbocycles. The molecule has 1 atom stereocenters. The summed E-state index contributed by atoms with van der Waals surface area (Å²) in [6, 6.07) is 17.6. The zero-order chi connectivity index (χ0) is 15.9. The Morgan fingerprint density at radius 3 is 1.82 bits per heavy atom. The van der Waals surface area contributed by atoms with Gasteiger partial charge in [0.05, 0.1) is 6.42 Å². The van der Waals surface area contributed by atoms with Crippen molar-refractivity contribution in [1.29, 1.82) is 0 Å². The summed E-state index contributed by atoms with van der Waals surface area (Å²) in [6.45, 7) is -0.575. The van der Waals surface area contributed by atoms with E-state index < -0.39 is 24.8 Å². The molecule has 2 rings (SSSR count). The fraction of sp³-hybridized carbons (Fsp3) is 0.125. The number of carbonyl (C=O) groups is 2. The molecule has 0 bridgehead atoms. The standard InChI is InChI=1S/C16H17BN2O3/c18-14(11-15(19)20)16(21)22-17(12-7-3-1-4-8-12)13-9-5-2-6-10-13/h1-10,14H,11,18H2,(H2,19,20). The van der Waals surface area contributed by atoms with Gasteiger partial charge in [-0.25, -0.2) is 0 Å². The van der Waals surface area contributed by atoms with Crippen LogP contribution in [-0.4, -0.2) is 24.8 Å². The fourth-order valence-corrected chi connectivity index (χ4v) is 2.09. The number of nitrogens with two attached hydrogens (primary N) is 2. The van der Waals surface area contributed by atoms with Crippen LogP contribution in [0.25, 0.3) is 0 Å². The van der Waals surface area contributed by atoms with Gasteiger partial charge in [0.25, 0.3) is 0 Å². The van der Waals surface area contributed by atoms with Crippen LogP contribution in [0.2, 0.25) is 0 Å². The third kappa shape index (κ3) is 4.20. The lowest BCUT2D eigenvalue weighted by Crippen LogP contribution is -2.49. The van der Waals surface area contributed by atoms with E-state index in [4.69, 9.17) is 16.1 Å². The largest absolute Gasteiger partial charge is 0.525 e. The maximum Gasteiger partial charge on any atom is 0.429 e. The van der Waals surface area contributed by atoms with Crippen molar-refractivity contribution in [2.45, 2.75) is 12.5 Å². The van der Waals surface area contributed by atoms with Crippen molar-refractivity contribution in [3.05, 3.63) is 60.7 Å². The van der Waals surface area contributed by atoms with Crippen LogP contribution in [0, 0.1) is 0 Å². The summed E-state index contributed by atoms with van der Waals surface area (Å²) in [5, 5.41) is 0. The van der Waals surface area contributed by atoms with Crippen LogP contribution in [0.5, 0.6) is 0 Å². The van der Waals surface area contributed by atoms with Gasteiger partial charge in [0, 0.05) is 0 Å². The molecule has 0 fully saturated rings. The first-order valence-corrected chi connectivity index (χ1v) is 6.92. The molecule has 0 heterocycles. The van der Waals surface area contributed by atoms with Gasteiger partial charge in [0.2, 0.25) is 5.91 Å². The molecule has 5 nitrogen and oxygen atoms in total. The van der Waals surface area contributed by atoms with Crippen LogP contribution in [0.1, 0.15) is 6.42 Å². The first-order valence-electron chi connectivity index (χ1n) is 6.92. The van der Waals surface area contributed by atoms with E-state index in [0.29, 0.717) is 0 Å². The van der Waals surface area contributed by atoms with Crippen molar-refractivity contribution in [3.63, 3.8) is 0 Å². The van der Waals surface area contributed by atoms with E-state index >= 15 is 0 Å². The van der Waals surface area contributed by atoms with Gasteiger partial charge in [0.15, 0.2) is 0 Å². The molecule has 0 saturated heterocycles. The van der Waals surface area contributed by atoms with E-state index in [0.717, 1.165) is 10.9 Å². The average molecular weight is 296 g/mol. The molecule has 0 spiro atoms. The van der Waals surface area contributed by atoms with Crippen LogP contribution < -0.4 is 22.4 Å². The molecule has 0 aliphatic rings. The Labute approximate surface area is 129 Å². The summed E-state index contributed by atoms with van der Waals surface area (Å²) in [5.41, 5.74) is 12.4. The van der Waals surface area contributed by atoms with Gasteiger partial charge in [-0.2, -0.15) is 0 Å². The summed E-state index contributed by atoms with van der Waals surface area (Å²) >= 11 is 0. The third-order valence-corrected chi connectivity index (χ3v) is 3.16. The van der Waals surface area contributed by atoms with Crippen LogP contribution >= 0.6 is 0 Å². The number of hydrogen-bond acceptors (Lipinski definition) is 4. The van der Waals surface area contributed by atoms with Gasteiger partial charge in [-0.3, -0.25) is 9.59 Å². The number of hydrogen-bond donors (Lipinski definition) is 2. The Hall–Kier alpha value is -2.60. The Balaban J connectivity index is 2.23. The molecule has 0 aliphatic heterocycles. The van der Waals surface area contributed by atoms with E-state index in [1.165, 1.54) is 0 Å². The van der Waals surface area contributed by atoms with Crippen LogP contribution in [-0.2, 0) is 14.2 Å². The molecule has 112 valence electrons. The summed E-state index contributed by atoms with van der Waals surface area (Å²) in [7, 11) is 0. The SMILES string of the molecule is NC(=O)CC(N)C(=O)OB(c1ccccc1)c1ccccc1. The number of amides is 1. The van der Waals surface area contributed by atoms with Gasteiger partial charge >= 0.3 is 12.9 Å². The minimum atomic E-state index is -1.06. The predicted octanol–water partition coefficient (Wildman–Crippen LogP) is -0.462. The molecule has 1 unspecified atom stereocenters. The van der Waals surface area contributed by atoms with Gasteiger partial charge in [0.1, 0.15) is 6.04 Å². The Kier molecular flexibility index (Phi) is 5.33. The highest BCUT2D eigenvalue weighted by molar-refractivity contribution is 6.81. The first kappa shape index (κ1) is 15.8. The van der Waals surface area contributed by atoms with Crippen LogP contribution in [0.4, 0.5) is 0 Å². The molecule has 2 aromatic carbocycles. The first-order chi connectivity index (χ1) is 10.6. The van der Waals surface area contributed by atoms with Gasteiger partial charge < -0.3 is 16.1 Å². The molecule has 0 aliphatic carbocycles. The Morgan fingerprint density at radius 2 is 1.41 bits per heavy atom. The predicted molar refractivity (Wildman–Crippen MR) is 85.8 cm³/mol. The highest BCUT2D eigenvalue weighted by Gasteiger charge is 2.28. The normalized spacial score (nSPS) is 11.5. The zero-order valence-electron chi connectivity index (χ0n) is 12.0. The van der Waals surface area contributed by atoms with Crippen molar-refractivity contribution >= 4 is 29.7 Å². The lowest BCUT2D eigenvalue weighted by Gasteiger charge is -2.17. The highest BCUT2D eigenvalue weighted by Crippen LogP contribution is 1.99. The number of rotatable bonds is 6. The average Bonchev–Trinajstić information content (AvgIpc) is 2.53. The minimum Gasteiger partial charge on any atom is -0.525 e. The summed E-state index contributed by atoms with van der Waals surface area (Å²) in [6.07, 6.45) is -0.241. The second-order valence-electron chi connectivity index (χ2n) is 4.92. The molecule has 6 heteroatoms. The number of benzene rings is 2. The maximum absolute atomic E-state index is 12.1. The topological polar surface area (TPSA) is 95.4 Å². The highest BCUT2D eigenvalue weighted by atomic mass is 16.5. The molecule has 0 aromatic heterocycles. The van der Waals surface area contributed by atoms with Gasteiger partial charge in [-0.1, -0.05) is 60.7 Å². The van der Waals surface area contributed by atoms with E-state index in [-0.39, 0.29) is 6.42 Å². The van der Waals surface area contributed by atoms with E-state index in [1.807, 2.05) is 60.7 Å².